The third-order valence-corrected chi connectivity index (χ3v) is 4.69. The topological polar surface area (TPSA) is 41.6 Å². The van der Waals surface area contributed by atoms with Crippen LogP contribution in [0.3, 0.4) is 0 Å². The molecule has 124 valence electrons. The zero-order chi connectivity index (χ0) is 15.1. The van der Waals surface area contributed by atoms with Gasteiger partial charge in [-0.2, -0.15) is 11.8 Å². The Bertz CT molecular complexity index is 484. The molecule has 1 heterocycles. The lowest BCUT2D eigenvalue weighted by Crippen LogP contribution is -2.43. The molecule has 22 heavy (non-hydrogen) atoms. The molecule has 3 nitrogen and oxygen atoms in total. The summed E-state index contributed by atoms with van der Waals surface area (Å²) in [5, 5.41) is 0. The van der Waals surface area contributed by atoms with E-state index < -0.39 is 0 Å². The van der Waals surface area contributed by atoms with Crippen LogP contribution in [-0.4, -0.2) is 36.2 Å². The van der Waals surface area contributed by atoms with Crippen LogP contribution in [0, 0.1) is 11.7 Å². The number of nitrogens with zero attached hydrogens (tertiary/aromatic N) is 2. The summed E-state index contributed by atoms with van der Waals surface area (Å²) in [6.45, 7) is 4.97. The lowest BCUT2D eigenvalue weighted by Gasteiger charge is -2.31. The molecule has 1 saturated heterocycles. The Morgan fingerprint density at radius 2 is 2.23 bits per heavy atom. The highest BCUT2D eigenvalue weighted by molar-refractivity contribution is 14.0. The van der Waals surface area contributed by atoms with Crippen molar-refractivity contribution in [2.75, 3.05) is 25.4 Å². The van der Waals surface area contributed by atoms with E-state index in [1.54, 1.807) is 17.8 Å². The Balaban J connectivity index is 0.00000242. The molecule has 1 unspecified atom stereocenters. The molecule has 1 aromatic rings. The van der Waals surface area contributed by atoms with E-state index in [0.717, 1.165) is 24.4 Å². The number of guanidine groups is 1. The fourth-order valence-electron chi connectivity index (χ4n) is 2.52. The van der Waals surface area contributed by atoms with Crippen LogP contribution in [0.5, 0.6) is 0 Å². The lowest BCUT2D eigenvalue weighted by molar-refractivity contribution is 0.270. The van der Waals surface area contributed by atoms with Crippen molar-refractivity contribution in [1.82, 2.24) is 4.90 Å². The van der Waals surface area contributed by atoms with Gasteiger partial charge in [-0.05, 0) is 30.4 Å². The van der Waals surface area contributed by atoms with E-state index in [4.69, 9.17) is 5.73 Å². The summed E-state index contributed by atoms with van der Waals surface area (Å²) in [7, 11) is 0. The van der Waals surface area contributed by atoms with Gasteiger partial charge in [0.1, 0.15) is 5.82 Å². The molecular weight excluding hydrogens is 412 g/mol. The zero-order valence-electron chi connectivity index (χ0n) is 13.0. The van der Waals surface area contributed by atoms with Crippen molar-refractivity contribution in [3.8, 4) is 0 Å². The predicted molar refractivity (Wildman–Crippen MR) is 104 cm³/mol. The highest BCUT2D eigenvalue weighted by Gasteiger charge is 2.17. The number of likely N-dealkylation sites (tertiary alicyclic amines) is 1. The normalized spacial score (nSPS) is 18.9. The van der Waals surface area contributed by atoms with Gasteiger partial charge < -0.3 is 10.6 Å². The minimum Gasteiger partial charge on any atom is -0.370 e. The Morgan fingerprint density at radius 3 is 2.95 bits per heavy atom. The Labute approximate surface area is 154 Å². The van der Waals surface area contributed by atoms with Gasteiger partial charge in [0, 0.05) is 24.6 Å². The predicted octanol–water partition coefficient (Wildman–Crippen LogP) is 3.72. The fraction of sp³-hybridized carbons (Fsp3) is 0.562. The van der Waals surface area contributed by atoms with Gasteiger partial charge >= 0.3 is 0 Å². The molecule has 6 heteroatoms. The number of thioether (sulfide) groups is 1. The monoisotopic (exact) mass is 437 g/mol. The van der Waals surface area contributed by atoms with Crippen LogP contribution in [0.1, 0.15) is 25.3 Å². The third-order valence-electron chi connectivity index (χ3n) is 3.71. The molecule has 1 aromatic carbocycles. The smallest absolute Gasteiger partial charge is 0.191 e. The SMILES string of the molecule is CC1CCCN(C(N)=NCCSCc2ccccc2F)C1.I. The van der Waals surface area contributed by atoms with Gasteiger partial charge in [0.15, 0.2) is 5.96 Å². The van der Waals surface area contributed by atoms with Crippen molar-refractivity contribution < 1.29 is 4.39 Å². The van der Waals surface area contributed by atoms with Crippen molar-refractivity contribution in [2.24, 2.45) is 16.6 Å². The van der Waals surface area contributed by atoms with Crippen LogP contribution in [0.15, 0.2) is 29.3 Å². The van der Waals surface area contributed by atoms with E-state index in [1.807, 2.05) is 12.1 Å². The summed E-state index contributed by atoms with van der Waals surface area (Å²) in [5.41, 5.74) is 6.79. The summed E-state index contributed by atoms with van der Waals surface area (Å²) in [5.74, 6) is 2.77. The van der Waals surface area contributed by atoms with E-state index in [9.17, 15) is 4.39 Å². The molecule has 0 amide bonds. The highest BCUT2D eigenvalue weighted by atomic mass is 127. The average molecular weight is 437 g/mol. The maximum absolute atomic E-state index is 13.4. The number of aliphatic imine (C=N–C) groups is 1. The minimum atomic E-state index is -0.129. The third kappa shape index (κ3) is 6.32. The van der Waals surface area contributed by atoms with Crippen LogP contribution >= 0.6 is 35.7 Å². The molecule has 0 bridgehead atoms. The molecule has 2 rings (SSSR count). The molecule has 2 N–H and O–H groups in total. The van der Waals surface area contributed by atoms with E-state index in [1.165, 1.54) is 18.9 Å². The van der Waals surface area contributed by atoms with Crippen molar-refractivity contribution in [2.45, 2.75) is 25.5 Å². The van der Waals surface area contributed by atoms with E-state index in [-0.39, 0.29) is 29.8 Å². The lowest BCUT2D eigenvalue weighted by atomic mass is 10.0. The molecule has 1 fully saturated rings. The van der Waals surface area contributed by atoms with E-state index in [2.05, 4.69) is 16.8 Å². The number of hydrogen-bond acceptors (Lipinski definition) is 2. The van der Waals surface area contributed by atoms with Crippen molar-refractivity contribution in [3.05, 3.63) is 35.6 Å². The summed E-state index contributed by atoms with van der Waals surface area (Å²) in [4.78, 5) is 6.62. The van der Waals surface area contributed by atoms with Gasteiger partial charge in [0.05, 0.1) is 6.54 Å². The van der Waals surface area contributed by atoms with Crippen molar-refractivity contribution in [3.63, 3.8) is 0 Å². The summed E-state index contributed by atoms with van der Waals surface area (Å²) in [6, 6.07) is 6.92. The van der Waals surface area contributed by atoms with Gasteiger partial charge in [-0.1, -0.05) is 25.1 Å². The summed E-state index contributed by atoms with van der Waals surface area (Å²) >= 11 is 1.69. The Morgan fingerprint density at radius 1 is 1.45 bits per heavy atom. The van der Waals surface area contributed by atoms with Crippen LogP contribution in [0.4, 0.5) is 4.39 Å². The Kier molecular flexibility index (Phi) is 9.16. The second kappa shape index (κ2) is 10.3. The van der Waals surface area contributed by atoms with Crippen molar-refractivity contribution in [1.29, 1.82) is 0 Å². The summed E-state index contributed by atoms with van der Waals surface area (Å²) in [6.07, 6.45) is 2.47. The van der Waals surface area contributed by atoms with E-state index in [0.29, 0.717) is 24.2 Å². The second-order valence-corrected chi connectivity index (χ2v) is 6.68. The minimum absolute atomic E-state index is 0. The number of piperidine rings is 1. The number of hydrogen-bond donors (Lipinski definition) is 1. The van der Waals surface area contributed by atoms with Gasteiger partial charge in [-0.25, -0.2) is 4.39 Å². The first-order valence-corrected chi connectivity index (χ1v) is 8.68. The standard InChI is InChI=1S/C16H24FN3S.HI/c1-13-5-4-9-20(11-13)16(18)19-8-10-21-12-14-6-2-3-7-15(14)17;/h2-3,6-7,13H,4-5,8-12H2,1H3,(H2,18,19);1H. The van der Waals surface area contributed by atoms with Gasteiger partial charge in [-0.3, -0.25) is 4.99 Å². The van der Waals surface area contributed by atoms with Gasteiger partial charge in [-0.15, -0.1) is 24.0 Å². The largest absolute Gasteiger partial charge is 0.370 e. The number of nitrogens with two attached hydrogens (primary N) is 1. The molecule has 0 spiro atoms. The zero-order valence-corrected chi connectivity index (χ0v) is 16.1. The van der Waals surface area contributed by atoms with Crippen LogP contribution < -0.4 is 5.73 Å². The molecule has 1 aliphatic heterocycles. The molecule has 0 aromatic heterocycles. The Hall–Kier alpha value is -0.500. The fourth-order valence-corrected chi connectivity index (χ4v) is 3.34. The van der Waals surface area contributed by atoms with Gasteiger partial charge in [0.2, 0.25) is 0 Å². The first kappa shape index (κ1) is 19.5. The molecule has 1 aliphatic rings. The second-order valence-electron chi connectivity index (χ2n) is 5.58. The first-order chi connectivity index (χ1) is 10.2. The molecule has 0 radical (unpaired) electrons. The first-order valence-electron chi connectivity index (χ1n) is 7.53. The molecule has 0 saturated carbocycles. The molecule has 0 aliphatic carbocycles. The summed E-state index contributed by atoms with van der Waals surface area (Å²) < 4.78 is 13.4. The molecule has 1 atom stereocenters. The molecular formula is C16H25FIN3S. The van der Waals surface area contributed by atoms with E-state index >= 15 is 0 Å². The number of halogens is 2. The van der Waals surface area contributed by atoms with Gasteiger partial charge in [0.25, 0.3) is 0 Å². The maximum atomic E-state index is 13.4. The average Bonchev–Trinajstić information content (AvgIpc) is 2.48. The quantitative estimate of drug-likeness (QED) is 0.331. The van der Waals surface area contributed by atoms with Crippen LogP contribution in [0.25, 0.3) is 0 Å². The number of benzene rings is 1. The van der Waals surface area contributed by atoms with Crippen LogP contribution in [-0.2, 0) is 5.75 Å². The van der Waals surface area contributed by atoms with Crippen LogP contribution in [0.2, 0.25) is 0 Å². The maximum Gasteiger partial charge on any atom is 0.191 e. The van der Waals surface area contributed by atoms with Crippen molar-refractivity contribution >= 4 is 41.7 Å². The highest BCUT2D eigenvalue weighted by Crippen LogP contribution is 2.16. The number of rotatable bonds is 5.